The number of carbonyl (C=O) groups excluding carboxylic acids is 1. The standard InChI is InChI=1S/C17H13ClN6OS/c18-13-7-6-12(9-19)14(8-13)21-15(25)10-26-17-23-22-16(24(17)20)11-4-2-1-3-5-11/h1-8H,10,20H2,(H,21,25). The lowest BCUT2D eigenvalue weighted by molar-refractivity contribution is -0.113. The molecule has 0 unspecified atom stereocenters. The fourth-order valence-corrected chi connectivity index (χ4v) is 3.02. The first-order chi connectivity index (χ1) is 12.6. The fraction of sp³-hybridized carbons (Fsp3) is 0.0588. The van der Waals surface area contributed by atoms with Crippen molar-refractivity contribution in [3.8, 4) is 17.5 Å². The number of nitrogens with one attached hydrogen (secondary N) is 1. The summed E-state index contributed by atoms with van der Waals surface area (Å²) in [6.07, 6.45) is 0. The molecule has 0 saturated heterocycles. The summed E-state index contributed by atoms with van der Waals surface area (Å²) in [5, 5.41) is 20.7. The summed E-state index contributed by atoms with van der Waals surface area (Å²) in [4.78, 5) is 12.2. The third-order valence-corrected chi connectivity index (χ3v) is 4.58. The minimum Gasteiger partial charge on any atom is -0.335 e. The Morgan fingerprint density at radius 3 is 2.77 bits per heavy atom. The summed E-state index contributed by atoms with van der Waals surface area (Å²) in [6, 6.07) is 16.1. The van der Waals surface area contributed by atoms with E-state index < -0.39 is 0 Å². The molecule has 26 heavy (non-hydrogen) atoms. The van der Waals surface area contributed by atoms with Crippen LogP contribution in [-0.4, -0.2) is 26.5 Å². The van der Waals surface area contributed by atoms with Gasteiger partial charge < -0.3 is 11.2 Å². The van der Waals surface area contributed by atoms with Crippen molar-refractivity contribution in [2.75, 3.05) is 16.9 Å². The maximum Gasteiger partial charge on any atom is 0.234 e. The minimum atomic E-state index is -0.307. The number of benzene rings is 2. The average Bonchev–Trinajstić information content (AvgIpc) is 3.01. The van der Waals surface area contributed by atoms with Crippen LogP contribution in [0.2, 0.25) is 5.02 Å². The van der Waals surface area contributed by atoms with E-state index in [9.17, 15) is 4.79 Å². The van der Waals surface area contributed by atoms with E-state index >= 15 is 0 Å². The number of nitrogen functional groups attached to an aromatic ring is 1. The SMILES string of the molecule is N#Cc1ccc(Cl)cc1NC(=O)CSc1nnc(-c2ccccc2)n1N. The Morgan fingerprint density at radius 1 is 1.27 bits per heavy atom. The highest BCUT2D eigenvalue weighted by Gasteiger charge is 2.14. The Morgan fingerprint density at radius 2 is 2.04 bits per heavy atom. The van der Waals surface area contributed by atoms with Crippen LogP contribution in [0.5, 0.6) is 0 Å². The minimum absolute atomic E-state index is 0.0570. The Balaban J connectivity index is 1.67. The molecule has 1 amide bonds. The van der Waals surface area contributed by atoms with E-state index in [1.807, 2.05) is 36.4 Å². The van der Waals surface area contributed by atoms with E-state index in [1.165, 1.54) is 10.7 Å². The van der Waals surface area contributed by atoms with Crippen LogP contribution in [0.15, 0.2) is 53.7 Å². The molecule has 3 rings (SSSR count). The number of nitrogens with zero attached hydrogens (tertiary/aromatic N) is 4. The molecule has 0 saturated carbocycles. The van der Waals surface area contributed by atoms with Gasteiger partial charge in [0.2, 0.25) is 11.1 Å². The van der Waals surface area contributed by atoms with E-state index in [0.29, 0.717) is 27.3 Å². The molecule has 0 spiro atoms. The molecule has 0 bridgehead atoms. The lowest BCUT2D eigenvalue weighted by Gasteiger charge is -2.07. The number of carbonyl (C=O) groups is 1. The van der Waals surface area contributed by atoms with Crippen molar-refractivity contribution in [1.29, 1.82) is 5.26 Å². The predicted octanol–water partition coefficient (Wildman–Crippen LogP) is 2.91. The zero-order valence-corrected chi connectivity index (χ0v) is 15.0. The number of rotatable bonds is 5. The molecule has 2 aromatic carbocycles. The zero-order valence-electron chi connectivity index (χ0n) is 13.4. The van der Waals surface area contributed by atoms with Gasteiger partial charge in [-0.05, 0) is 18.2 Å². The van der Waals surface area contributed by atoms with Crippen LogP contribution >= 0.6 is 23.4 Å². The maximum absolute atomic E-state index is 12.2. The Hall–Kier alpha value is -3.02. The van der Waals surface area contributed by atoms with Crippen LogP contribution in [0.3, 0.4) is 0 Å². The van der Waals surface area contributed by atoms with Gasteiger partial charge in [-0.3, -0.25) is 4.79 Å². The summed E-state index contributed by atoms with van der Waals surface area (Å²) >= 11 is 7.05. The highest BCUT2D eigenvalue weighted by Crippen LogP contribution is 2.23. The topological polar surface area (TPSA) is 110 Å². The molecule has 0 aliphatic carbocycles. The number of amides is 1. The number of thioether (sulfide) groups is 1. The van der Waals surface area contributed by atoms with Gasteiger partial charge in [-0.1, -0.05) is 53.7 Å². The molecule has 0 radical (unpaired) electrons. The van der Waals surface area contributed by atoms with Crippen LogP contribution in [0.25, 0.3) is 11.4 Å². The molecule has 0 aliphatic heterocycles. The first-order valence-corrected chi connectivity index (χ1v) is 8.83. The third kappa shape index (κ3) is 3.96. The fourth-order valence-electron chi connectivity index (χ4n) is 2.19. The van der Waals surface area contributed by atoms with Gasteiger partial charge in [-0.25, -0.2) is 4.68 Å². The Bertz CT molecular complexity index is 983. The molecule has 0 aliphatic rings. The molecule has 7 nitrogen and oxygen atoms in total. The van der Waals surface area contributed by atoms with Crippen molar-refractivity contribution in [1.82, 2.24) is 14.9 Å². The van der Waals surface area contributed by atoms with Gasteiger partial charge in [-0.15, -0.1) is 10.2 Å². The molecule has 0 fully saturated rings. The van der Waals surface area contributed by atoms with Crippen molar-refractivity contribution in [3.05, 3.63) is 59.1 Å². The molecular formula is C17H13ClN6OS. The van der Waals surface area contributed by atoms with Crippen molar-refractivity contribution in [2.45, 2.75) is 5.16 Å². The van der Waals surface area contributed by atoms with Crippen LogP contribution < -0.4 is 11.2 Å². The smallest absolute Gasteiger partial charge is 0.234 e. The molecule has 3 aromatic rings. The van der Waals surface area contributed by atoms with Crippen LogP contribution in [0.1, 0.15) is 5.56 Å². The summed E-state index contributed by atoms with van der Waals surface area (Å²) in [5.74, 6) is 6.28. The van der Waals surface area contributed by atoms with Gasteiger partial charge in [0.25, 0.3) is 0 Å². The highest BCUT2D eigenvalue weighted by molar-refractivity contribution is 7.99. The quantitative estimate of drug-likeness (QED) is 0.517. The van der Waals surface area contributed by atoms with Gasteiger partial charge in [0, 0.05) is 10.6 Å². The summed E-state index contributed by atoms with van der Waals surface area (Å²) in [6.45, 7) is 0. The number of aromatic nitrogens is 3. The molecule has 3 N–H and O–H groups in total. The maximum atomic E-state index is 12.2. The van der Waals surface area contributed by atoms with Gasteiger partial charge in [0.1, 0.15) is 6.07 Å². The third-order valence-electron chi connectivity index (χ3n) is 3.41. The monoisotopic (exact) mass is 384 g/mol. The number of hydrogen-bond donors (Lipinski definition) is 2. The summed E-state index contributed by atoms with van der Waals surface area (Å²) in [5.41, 5.74) is 1.53. The lowest BCUT2D eigenvalue weighted by atomic mass is 10.2. The van der Waals surface area contributed by atoms with Crippen LogP contribution in [0, 0.1) is 11.3 Å². The molecule has 9 heteroatoms. The second-order valence-corrected chi connectivity index (χ2v) is 6.56. The van der Waals surface area contributed by atoms with Crippen molar-refractivity contribution in [2.24, 2.45) is 0 Å². The van der Waals surface area contributed by atoms with E-state index in [2.05, 4.69) is 15.5 Å². The summed E-state index contributed by atoms with van der Waals surface area (Å²) < 4.78 is 1.34. The van der Waals surface area contributed by atoms with E-state index in [1.54, 1.807) is 12.1 Å². The highest BCUT2D eigenvalue weighted by atomic mass is 35.5. The Kier molecular flexibility index (Phi) is 5.41. The van der Waals surface area contributed by atoms with Gasteiger partial charge in [-0.2, -0.15) is 5.26 Å². The largest absolute Gasteiger partial charge is 0.335 e. The lowest BCUT2D eigenvalue weighted by Crippen LogP contribution is -2.17. The van der Waals surface area contributed by atoms with E-state index in [-0.39, 0.29) is 11.7 Å². The van der Waals surface area contributed by atoms with Crippen molar-refractivity contribution < 1.29 is 4.79 Å². The van der Waals surface area contributed by atoms with Crippen molar-refractivity contribution in [3.63, 3.8) is 0 Å². The van der Waals surface area contributed by atoms with E-state index in [0.717, 1.165) is 17.3 Å². The second kappa shape index (κ2) is 7.91. The normalized spacial score (nSPS) is 10.3. The number of nitriles is 1. The van der Waals surface area contributed by atoms with Crippen molar-refractivity contribution >= 4 is 35.0 Å². The summed E-state index contributed by atoms with van der Waals surface area (Å²) in [7, 11) is 0. The Labute approximate surface area is 158 Å². The molecular weight excluding hydrogens is 372 g/mol. The number of halogens is 1. The number of anilines is 1. The second-order valence-electron chi connectivity index (χ2n) is 5.18. The van der Waals surface area contributed by atoms with Gasteiger partial charge >= 0.3 is 0 Å². The zero-order chi connectivity index (χ0) is 18.5. The van der Waals surface area contributed by atoms with Gasteiger partial charge in [0.05, 0.1) is 17.0 Å². The first-order valence-electron chi connectivity index (χ1n) is 7.46. The predicted molar refractivity (Wildman–Crippen MR) is 101 cm³/mol. The average molecular weight is 385 g/mol. The van der Waals surface area contributed by atoms with E-state index in [4.69, 9.17) is 22.7 Å². The molecule has 130 valence electrons. The first kappa shape index (κ1) is 17.8. The van der Waals surface area contributed by atoms with Crippen LogP contribution in [-0.2, 0) is 4.79 Å². The van der Waals surface area contributed by atoms with Gasteiger partial charge in [0.15, 0.2) is 5.82 Å². The van der Waals surface area contributed by atoms with Crippen LogP contribution in [0.4, 0.5) is 5.69 Å². The molecule has 1 aromatic heterocycles. The molecule has 0 atom stereocenters. The number of hydrogen-bond acceptors (Lipinski definition) is 6. The molecule has 1 heterocycles. The number of nitrogens with two attached hydrogens (primary N) is 1.